The van der Waals surface area contributed by atoms with Crippen LogP contribution in [0.4, 0.5) is 10.5 Å². The third-order valence-corrected chi connectivity index (χ3v) is 2.74. The molecular weight excluding hydrogens is 244 g/mol. The van der Waals surface area contributed by atoms with E-state index >= 15 is 0 Å². The van der Waals surface area contributed by atoms with Crippen molar-refractivity contribution in [2.75, 3.05) is 18.4 Å². The molecule has 1 aromatic rings. The number of urea groups is 1. The average molecular weight is 264 g/mol. The van der Waals surface area contributed by atoms with E-state index in [2.05, 4.69) is 10.5 Å². The summed E-state index contributed by atoms with van der Waals surface area (Å²) in [6.45, 7) is 4.82. The standard InChI is InChI=1S/C13H20N4O2/c1-3-17(9-8-12(14)16-19)13(18)15-11-6-4-10(2)5-7-11/h4-7,19H,3,8-9H2,1-2H3,(H2,14,16)(H,15,18). The number of nitrogens with zero attached hydrogens (tertiary/aromatic N) is 2. The van der Waals surface area contributed by atoms with E-state index in [9.17, 15) is 4.79 Å². The summed E-state index contributed by atoms with van der Waals surface area (Å²) in [4.78, 5) is 13.6. The Bertz CT molecular complexity index is 442. The van der Waals surface area contributed by atoms with Gasteiger partial charge in [-0.3, -0.25) is 0 Å². The number of oxime groups is 1. The molecule has 0 atom stereocenters. The molecule has 0 aliphatic rings. The van der Waals surface area contributed by atoms with E-state index in [1.165, 1.54) is 0 Å². The van der Waals surface area contributed by atoms with Crippen molar-refractivity contribution in [2.45, 2.75) is 20.3 Å². The lowest BCUT2D eigenvalue weighted by molar-refractivity contribution is 0.215. The van der Waals surface area contributed by atoms with Gasteiger partial charge in [-0.2, -0.15) is 0 Å². The summed E-state index contributed by atoms with van der Waals surface area (Å²) in [6, 6.07) is 7.37. The zero-order chi connectivity index (χ0) is 14.3. The van der Waals surface area contributed by atoms with Crippen LogP contribution < -0.4 is 11.1 Å². The van der Waals surface area contributed by atoms with Gasteiger partial charge in [0.25, 0.3) is 0 Å². The molecule has 0 heterocycles. The highest BCUT2D eigenvalue weighted by molar-refractivity contribution is 5.89. The van der Waals surface area contributed by atoms with E-state index in [4.69, 9.17) is 10.9 Å². The summed E-state index contributed by atoms with van der Waals surface area (Å²) in [7, 11) is 0. The number of nitrogens with two attached hydrogens (primary N) is 1. The fourth-order valence-corrected chi connectivity index (χ4v) is 1.54. The maximum absolute atomic E-state index is 12.0. The molecular formula is C13H20N4O2. The molecule has 6 nitrogen and oxygen atoms in total. The number of hydrogen-bond acceptors (Lipinski definition) is 3. The number of carbonyl (C=O) groups is 1. The average Bonchev–Trinajstić information content (AvgIpc) is 2.41. The number of rotatable bonds is 5. The first-order valence-corrected chi connectivity index (χ1v) is 6.15. The van der Waals surface area contributed by atoms with Gasteiger partial charge in [0, 0.05) is 25.2 Å². The Morgan fingerprint density at radius 1 is 1.42 bits per heavy atom. The smallest absolute Gasteiger partial charge is 0.321 e. The Kier molecular flexibility index (Phi) is 5.66. The molecule has 0 aromatic heterocycles. The van der Waals surface area contributed by atoms with Crippen molar-refractivity contribution in [3.63, 3.8) is 0 Å². The van der Waals surface area contributed by atoms with Crippen molar-refractivity contribution in [3.05, 3.63) is 29.8 Å². The van der Waals surface area contributed by atoms with Gasteiger partial charge in [-0.15, -0.1) is 0 Å². The summed E-state index contributed by atoms with van der Waals surface area (Å²) < 4.78 is 0. The van der Waals surface area contributed by atoms with Gasteiger partial charge < -0.3 is 21.2 Å². The normalized spacial score (nSPS) is 11.2. The first-order chi connectivity index (χ1) is 9.06. The van der Waals surface area contributed by atoms with Gasteiger partial charge in [-0.05, 0) is 26.0 Å². The molecule has 1 rings (SSSR count). The predicted molar refractivity (Wildman–Crippen MR) is 75.5 cm³/mol. The molecule has 6 heteroatoms. The van der Waals surface area contributed by atoms with Crippen LogP contribution in [0, 0.1) is 6.92 Å². The van der Waals surface area contributed by atoms with E-state index in [1.54, 1.807) is 4.90 Å². The SMILES string of the molecule is CCN(CCC(N)=NO)C(=O)Nc1ccc(C)cc1. The van der Waals surface area contributed by atoms with Crippen molar-refractivity contribution in [1.29, 1.82) is 0 Å². The number of aryl methyl sites for hydroxylation is 1. The minimum absolute atomic E-state index is 0.113. The molecule has 0 radical (unpaired) electrons. The third-order valence-electron chi connectivity index (χ3n) is 2.74. The molecule has 0 fully saturated rings. The summed E-state index contributed by atoms with van der Waals surface area (Å²) in [5, 5.41) is 14.2. The minimum Gasteiger partial charge on any atom is -0.409 e. The van der Waals surface area contributed by atoms with Crippen LogP contribution in [0.2, 0.25) is 0 Å². The van der Waals surface area contributed by atoms with Gasteiger partial charge in [0.15, 0.2) is 0 Å². The van der Waals surface area contributed by atoms with Crippen molar-refractivity contribution in [1.82, 2.24) is 4.90 Å². The van der Waals surface area contributed by atoms with Crippen LogP contribution in [0.1, 0.15) is 18.9 Å². The number of benzene rings is 1. The minimum atomic E-state index is -0.197. The predicted octanol–water partition coefficient (Wildman–Crippen LogP) is 1.99. The molecule has 0 unspecified atom stereocenters. The lowest BCUT2D eigenvalue weighted by Gasteiger charge is -2.21. The second kappa shape index (κ2) is 7.25. The lowest BCUT2D eigenvalue weighted by atomic mass is 10.2. The highest BCUT2D eigenvalue weighted by Crippen LogP contribution is 2.09. The highest BCUT2D eigenvalue weighted by Gasteiger charge is 2.11. The summed E-state index contributed by atoms with van der Waals surface area (Å²) in [6.07, 6.45) is 0.339. The molecule has 0 aliphatic heterocycles. The van der Waals surface area contributed by atoms with Crippen molar-refractivity contribution in [3.8, 4) is 0 Å². The van der Waals surface area contributed by atoms with Gasteiger partial charge in [0.2, 0.25) is 0 Å². The van der Waals surface area contributed by atoms with Crippen LogP contribution in [0.3, 0.4) is 0 Å². The highest BCUT2D eigenvalue weighted by atomic mass is 16.4. The Balaban J connectivity index is 2.56. The summed E-state index contributed by atoms with van der Waals surface area (Å²) >= 11 is 0. The molecule has 0 saturated carbocycles. The first kappa shape index (κ1) is 14.8. The van der Waals surface area contributed by atoms with Crippen molar-refractivity contribution >= 4 is 17.6 Å². The largest absolute Gasteiger partial charge is 0.409 e. The third kappa shape index (κ3) is 4.87. The topological polar surface area (TPSA) is 90.9 Å². The van der Waals surface area contributed by atoms with Crippen LogP contribution in [-0.2, 0) is 0 Å². The van der Waals surface area contributed by atoms with E-state index in [-0.39, 0.29) is 11.9 Å². The van der Waals surface area contributed by atoms with E-state index in [1.807, 2.05) is 38.1 Å². The number of anilines is 1. The quantitative estimate of drug-likeness (QED) is 0.329. The number of hydrogen-bond donors (Lipinski definition) is 3. The Hall–Kier alpha value is -2.24. The van der Waals surface area contributed by atoms with E-state index in [0.717, 1.165) is 11.3 Å². The number of amidine groups is 1. The van der Waals surface area contributed by atoms with Crippen LogP contribution in [0.25, 0.3) is 0 Å². The summed E-state index contributed by atoms with van der Waals surface area (Å²) in [5.41, 5.74) is 7.27. The van der Waals surface area contributed by atoms with Crippen molar-refractivity contribution < 1.29 is 10.0 Å². The van der Waals surface area contributed by atoms with Crippen LogP contribution in [0.15, 0.2) is 29.4 Å². The number of nitrogens with one attached hydrogen (secondary N) is 1. The molecule has 0 spiro atoms. The molecule has 0 saturated heterocycles. The molecule has 1 aromatic carbocycles. The first-order valence-electron chi connectivity index (χ1n) is 6.15. The summed E-state index contributed by atoms with van der Waals surface area (Å²) in [5.74, 6) is 0.113. The molecule has 104 valence electrons. The van der Waals surface area contributed by atoms with Gasteiger partial charge in [-0.1, -0.05) is 22.9 Å². The van der Waals surface area contributed by atoms with Gasteiger partial charge in [0.1, 0.15) is 5.84 Å². The van der Waals surface area contributed by atoms with Gasteiger partial charge >= 0.3 is 6.03 Å². The fraction of sp³-hybridized carbons (Fsp3) is 0.385. The van der Waals surface area contributed by atoms with Crippen molar-refractivity contribution in [2.24, 2.45) is 10.9 Å². The zero-order valence-electron chi connectivity index (χ0n) is 11.3. The second-order valence-electron chi connectivity index (χ2n) is 4.22. The molecule has 19 heavy (non-hydrogen) atoms. The Labute approximate surface area is 112 Å². The lowest BCUT2D eigenvalue weighted by Crippen LogP contribution is -2.37. The van der Waals surface area contributed by atoms with E-state index < -0.39 is 0 Å². The van der Waals surface area contributed by atoms with Crippen LogP contribution >= 0.6 is 0 Å². The number of amides is 2. The number of carbonyl (C=O) groups excluding carboxylic acids is 1. The monoisotopic (exact) mass is 264 g/mol. The maximum Gasteiger partial charge on any atom is 0.321 e. The maximum atomic E-state index is 12.0. The Morgan fingerprint density at radius 2 is 2.05 bits per heavy atom. The molecule has 0 aliphatic carbocycles. The second-order valence-corrected chi connectivity index (χ2v) is 4.22. The molecule has 4 N–H and O–H groups in total. The van der Waals surface area contributed by atoms with Crippen LogP contribution in [0.5, 0.6) is 0 Å². The van der Waals surface area contributed by atoms with Gasteiger partial charge in [0.05, 0.1) is 0 Å². The molecule has 2 amide bonds. The van der Waals surface area contributed by atoms with Crippen LogP contribution in [-0.4, -0.2) is 35.1 Å². The fourth-order valence-electron chi connectivity index (χ4n) is 1.54. The Morgan fingerprint density at radius 3 is 2.58 bits per heavy atom. The molecule has 0 bridgehead atoms. The van der Waals surface area contributed by atoms with Gasteiger partial charge in [-0.25, -0.2) is 4.79 Å². The zero-order valence-corrected chi connectivity index (χ0v) is 11.3. The van der Waals surface area contributed by atoms with E-state index in [0.29, 0.717) is 19.5 Å².